The fourth-order valence-electron chi connectivity index (χ4n) is 2.12. The van der Waals surface area contributed by atoms with Gasteiger partial charge in [0.05, 0.1) is 11.4 Å². The van der Waals surface area contributed by atoms with Gasteiger partial charge in [0.2, 0.25) is 15.9 Å². The predicted octanol–water partition coefficient (Wildman–Crippen LogP) is 2.66. The largest absolute Gasteiger partial charge is 0.351 e. The molecule has 0 saturated carbocycles. The van der Waals surface area contributed by atoms with E-state index in [1.165, 1.54) is 0 Å². The lowest BCUT2D eigenvalue weighted by Gasteiger charge is -2.09. The first-order valence-corrected chi connectivity index (χ1v) is 10.0. The van der Waals surface area contributed by atoms with E-state index in [0.29, 0.717) is 6.54 Å². The molecule has 0 saturated heterocycles. The first-order valence-electron chi connectivity index (χ1n) is 7.66. The number of aryl methyl sites for hydroxylation is 3. The van der Waals surface area contributed by atoms with Crippen molar-refractivity contribution in [3.8, 4) is 0 Å². The van der Waals surface area contributed by atoms with Crippen molar-refractivity contribution >= 4 is 27.3 Å². The fraction of sp³-hybridized carbons (Fsp3) is 0.353. The lowest BCUT2D eigenvalue weighted by atomic mass is 10.1. The Morgan fingerprint density at radius 1 is 1.08 bits per heavy atom. The van der Waals surface area contributed by atoms with Crippen molar-refractivity contribution in [1.82, 2.24) is 10.0 Å². The molecule has 0 aliphatic heterocycles. The smallest absolute Gasteiger partial charge is 0.240 e. The summed E-state index contributed by atoms with van der Waals surface area (Å²) in [6, 6.07) is 6.99. The van der Waals surface area contributed by atoms with E-state index in [-0.39, 0.29) is 23.8 Å². The van der Waals surface area contributed by atoms with E-state index in [0.717, 1.165) is 21.6 Å². The highest BCUT2D eigenvalue weighted by Gasteiger charge is 2.15. The molecule has 0 fully saturated rings. The Balaban J connectivity index is 1.83. The number of amides is 1. The number of carbonyl (C=O) groups excluding carboxylic acids is 1. The number of carbonyl (C=O) groups is 1. The second-order valence-corrected chi connectivity index (χ2v) is 8.46. The van der Waals surface area contributed by atoms with Gasteiger partial charge in [0, 0.05) is 17.8 Å². The molecule has 1 aromatic heterocycles. The maximum Gasteiger partial charge on any atom is 0.240 e. The monoisotopic (exact) mass is 366 g/mol. The number of hydrogen-bond acceptors (Lipinski definition) is 4. The van der Waals surface area contributed by atoms with Crippen molar-refractivity contribution < 1.29 is 13.2 Å². The van der Waals surface area contributed by atoms with Crippen LogP contribution in [0.5, 0.6) is 0 Å². The molecule has 0 atom stereocenters. The molecule has 2 aromatic rings. The Bertz CT molecular complexity index is 826. The van der Waals surface area contributed by atoms with Crippen LogP contribution in [0.15, 0.2) is 34.5 Å². The molecule has 0 spiro atoms. The molecule has 0 bridgehead atoms. The van der Waals surface area contributed by atoms with Crippen LogP contribution in [0.25, 0.3) is 0 Å². The average Bonchev–Trinajstić information content (AvgIpc) is 2.93. The number of thiophene rings is 1. The zero-order chi connectivity index (χ0) is 17.7. The minimum Gasteiger partial charge on any atom is -0.351 e. The summed E-state index contributed by atoms with van der Waals surface area (Å²) in [4.78, 5) is 13.2. The van der Waals surface area contributed by atoms with Crippen molar-refractivity contribution in [2.75, 3.05) is 6.54 Å². The lowest BCUT2D eigenvalue weighted by molar-refractivity contribution is -0.121. The van der Waals surface area contributed by atoms with Crippen molar-refractivity contribution in [3.63, 3.8) is 0 Å². The highest BCUT2D eigenvalue weighted by atomic mass is 32.2. The normalized spacial score (nSPS) is 11.5. The average molecular weight is 367 g/mol. The van der Waals surface area contributed by atoms with Crippen molar-refractivity contribution in [3.05, 3.63) is 51.2 Å². The quantitative estimate of drug-likeness (QED) is 0.791. The van der Waals surface area contributed by atoms with Gasteiger partial charge in [-0.05, 0) is 61.0 Å². The second-order valence-electron chi connectivity index (χ2n) is 5.70. The summed E-state index contributed by atoms with van der Waals surface area (Å²) in [5.74, 6) is -0.175. The van der Waals surface area contributed by atoms with Crippen LogP contribution in [0.1, 0.15) is 28.0 Å². The molecule has 0 aliphatic carbocycles. The van der Waals surface area contributed by atoms with Crippen LogP contribution < -0.4 is 10.0 Å². The third kappa shape index (κ3) is 4.90. The number of sulfonamides is 1. The Kier molecular flexibility index (Phi) is 6.15. The second kappa shape index (κ2) is 7.92. The SMILES string of the molecule is Cc1ccc(S(=O)(=O)NCCC(=O)NCc2sccc2C)cc1C. The molecule has 130 valence electrons. The molecule has 0 radical (unpaired) electrons. The summed E-state index contributed by atoms with van der Waals surface area (Å²) in [6.45, 7) is 6.35. The zero-order valence-corrected chi connectivity index (χ0v) is 15.7. The van der Waals surface area contributed by atoms with Crippen molar-refractivity contribution in [2.24, 2.45) is 0 Å². The highest BCUT2D eigenvalue weighted by molar-refractivity contribution is 7.89. The third-order valence-electron chi connectivity index (χ3n) is 3.85. The summed E-state index contributed by atoms with van der Waals surface area (Å²) in [5.41, 5.74) is 3.11. The summed E-state index contributed by atoms with van der Waals surface area (Å²) < 4.78 is 26.9. The van der Waals surface area contributed by atoms with Gasteiger partial charge in [0.25, 0.3) is 0 Å². The van der Waals surface area contributed by atoms with E-state index >= 15 is 0 Å². The predicted molar refractivity (Wildman–Crippen MR) is 96.6 cm³/mol. The minimum atomic E-state index is -3.59. The molecular formula is C17H22N2O3S2. The van der Waals surface area contributed by atoms with Gasteiger partial charge in [0.1, 0.15) is 0 Å². The van der Waals surface area contributed by atoms with Gasteiger partial charge >= 0.3 is 0 Å². The maximum atomic E-state index is 12.2. The summed E-state index contributed by atoms with van der Waals surface area (Å²) in [6.07, 6.45) is 0.106. The molecule has 7 heteroatoms. The van der Waals surface area contributed by atoms with E-state index < -0.39 is 10.0 Å². The molecule has 24 heavy (non-hydrogen) atoms. The Morgan fingerprint density at radius 2 is 1.83 bits per heavy atom. The standard InChI is InChI=1S/C17H22N2O3S2/c1-12-4-5-15(10-14(12)3)24(21,22)19-8-6-17(20)18-11-16-13(2)7-9-23-16/h4-5,7,9-10,19H,6,8,11H2,1-3H3,(H,18,20). The summed E-state index contributed by atoms with van der Waals surface area (Å²) >= 11 is 1.59. The van der Waals surface area contributed by atoms with Gasteiger partial charge in [-0.3, -0.25) is 4.79 Å². The maximum absolute atomic E-state index is 12.2. The van der Waals surface area contributed by atoms with Crippen LogP contribution in [0.4, 0.5) is 0 Å². The molecule has 1 heterocycles. The Hall–Kier alpha value is -1.70. The van der Waals surface area contributed by atoms with Crippen LogP contribution in [0, 0.1) is 20.8 Å². The van der Waals surface area contributed by atoms with Gasteiger partial charge in [-0.15, -0.1) is 11.3 Å². The lowest BCUT2D eigenvalue weighted by Crippen LogP contribution is -2.30. The van der Waals surface area contributed by atoms with Crippen molar-refractivity contribution in [2.45, 2.75) is 38.6 Å². The number of nitrogens with one attached hydrogen (secondary N) is 2. The first-order chi connectivity index (χ1) is 11.3. The van der Waals surface area contributed by atoms with Gasteiger partial charge in [-0.25, -0.2) is 13.1 Å². The fourth-order valence-corrected chi connectivity index (χ4v) is 4.08. The van der Waals surface area contributed by atoms with E-state index in [4.69, 9.17) is 0 Å². The van der Waals surface area contributed by atoms with Gasteiger partial charge in [0.15, 0.2) is 0 Å². The van der Waals surface area contributed by atoms with Crippen LogP contribution in [-0.4, -0.2) is 20.9 Å². The Morgan fingerprint density at radius 3 is 2.46 bits per heavy atom. The molecule has 1 aromatic carbocycles. The molecule has 5 nitrogen and oxygen atoms in total. The number of rotatable bonds is 7. The van der Waals surface area contributed by atoms with Crippen LogP contribution >= 0.6 is 11.3 Å². The third-order valence-corrected chi connectivity index (χ3v) is 6.33. The van der Waals surface area contributed by atoms with Crippen LogP contribution in [0.3, 0.4) is 0 Å². The Labute approximate surface area is 147 Å². The number of benzene rings is 1. The zero-order valence-electron chi connectivity index (χ0n) is 14.0. The number of hydrogen-bond donors (Lipinski definition) is 2. The molecule has 2 N–H and O–H groups in total. The summed E-state index contributed by atoms with van der Waals surface area (Å²) in [5, 5.41) is 4.79. The molecular weight excluding hydrogens is 344 g/mol. The van der Waals surface area contributed by atoms with Crippen LogP contribution in [0.2, 0.25) is 0 Å². The van der Waals surface area contributed by atoms with Crippen molar-refractivity contribution in [1.29, 1.82) is 0 Å². The molecule has 2 rings (SSSR count). The first kappa shape index (κ1) is 18.6. The van der Waals surface area contributed by atoms with Gasteiger partial charge < -0.3 is 5.32 Å². The van der Waals surface area contributed by atoms with E-state index in [9.17, 15) is 13.2 Å². The van der Waals surface area contributed by atoms with E-state index in [2.05, 4.69) is 10.0 Å². The van der Waals surface area contributed by atoms with E-state index in [1.807, 2.05) is 32.2 Å². The van der Waals surface area contributed by atoms with Crippen LogP contribution in [-0.2, 0) is 21.4 Å². The molecule has 0 aliphatic rings. The van der Waals surface area contributed by atoms with E-state index in [1.54, 1.807) is 29.5 Å². The van der Waals surface area contributed by atoms with Gasteiger partial charge in [-0.2, -0.15) is 0 Å². The minimum absolute atomic E-state index is 0.0739. The topological polar surface area (TPSA) is 75.3 Å². The van der Waals surface area contributed by atoms with Gasteiger partial charge in [-0.1, -0.05) is 6.07 Å². The molecule has 0 unspecified atom stereocenters. The summed E-state index contributed by atoms with van der Waals surface area (Å²) in [7, 11) is -3.59. The molecule has 1 amide bonds. The highest BCUT2D eigenvalue weighted by Crippen LogP contribution is 2.15.